The van der Waals surface area contributed by atoms with Crippen molar-refractivity contribution in [3.63, 3.8) is 0 Å². The van der Waals surface area contributed by atoms with E-state index in [-0.39, 0.29) is 17.0 Å². The van der Waals surface area contributed by atoms with E-state index in [2.05, 4.69) is 41.4 Å². The maximum atomic E-state index is 3.74. The molecule has 0 spiro atoms. The largest absolute Gasteiger partial charge is 1.00 e. The van der Waals surface area contributed by atoms with Crippen LogP contribution in [0, 0.1) is 0 Å². The van der Waals surface area contributed by atoms with E-state index in [9.17, 15) is 0 Å². The first kappa shape index (κ1) is 16.4. The van der Waals surface area contributed by atoms with Gasteiger partial charge in [0.25, 0.3) is 0 Å². The number of aryl methyl sites for hydroxylation is 1. The van der Waals surface area contributed by atoms with E-state index in [1.54, 1.807) is 0 Å². The molecule has 0 aromatic carbocycles. The molecule has 0 saturated heterocycles. The standard InChI is InChI=1S/C14H25N2.BrH/c1-3-5-6-7-8-9-11-16-13-12-15(14-16)10-4-2;/h4,12-14H,2-3,5-11H2,1H3;1H/q+1;/p-1. The summed E-state index contributed by atoms with van der Waals surface area (Å²) in [6.07, 6.45) is 16.5. The van der Waals surface area contributed by atoms with E-state index < -0.39 is 0 Å². The van der Waals surface area contributed by atoms with E-state index in [0.29, 0.717) is 0 Å². The van der Waals surface area contributed by atoms with Gasteiger partial charge in [0, 0.05) is 0 Å². The maximum absolute atomic E-state index is 3.74. The molecule has 3 heteroatoms. The Kier molecular flexibility index (Phi) is 10.2. The zero-order valence-electron chi connectivity index (χ0n) is 10.9. The molecule has 0 saturated carbocycles. The number of aromatic nitrogens is 2. The smallest absolute Gasteiger partial charge is 0.244 e. The minimum atomic E-state index is 0. The third-order valence-corrected chi connectivity index (χ3v) is 2.86. The molecule has 0 amide bonds. The first-order valence-electron chi connectivity index (χ1n) is 6.52. The first-order chi connectivity index (χ1) is 7.86. The molecular weight excluding hydrogens is 276 g/mol. The van der Waals surface area contributed by atoms with Crippen molar-refractivity contribution in [3.8, 4) is 0 Å². The first-order valence-corrected chi connectivity index (χ1v) is 6.52. The monoisotopic (exact) mass is 300 g/mol. The molecule has 2 nitrogen and oxygen atoms in total. The minimum absolute atomic E-state index is 0. The summed E-state index contributed by atoms with van der Waals surface area (Å²) in [6.45, 7) is 8.06. The molecule has 17 heavy (non-hydrogen) atoms. The Morgan fingerprint density at radius 2 is 1.88 bits per heavy atom. The molecule has 0 aliphatic heterocycles. The van der Waals surface area contributed by atoms with Crippen molar-refractivity contribution in [1.82, 2.24) is 4.57 Å². The van der Waals surface area contributed by atoms with Crippen LogP contribution in [-0.2, 0) is 13.1 Å². The van der Waals surface area contributed by atoms with E-state index in [4.69, 9.17) is 0 Å². The second-order valence-corrected chi connectivity index (χ2v) is 4.40. The van der Waals surface area contributed by atoms with E-state index in [1.807, 2.05) is 6.08 Å². The van der Waals surface area contributed by atoms with Crippen LogP contribution in [0.25, 0.3) is 0 Å². The number of unbranched alkanes of at least 4 members (excludes halogenated alkanes) is 5. The summed E-state index contributed by atoms with van der Waals surface area (Å²) < 4.78 is 4.42. The van der Waals surface area contributed by atoms with Gasteiger partial charge in [-0.05, 0) is 12.8 Å². The average molecular weight is 301 g/mol. The highest BCUT2D eigenvalue weighted by molar-refractivity contribution is 4.73. The normalized spacial score (nSPS) is 9.94. The molecular formula is C14H25BrN2. The third kappa shape index (κ3) is 7.37. The lowest BCUT2D eigenvalue weighted by Crippen LogP contribution is -3.00. The molecule has 0 radical (unpaired) electrons. The molecule has 0 bridgehead atoms. The number of nitrogens with zero attached hydrogens (tertiary/aromatic N) is 2. The lowest BCUT2D eigenvalue weighted by molar-refractivity contribution is -0.696. The van der Waals surface area contributed by atoms with Crippen LogP contribution in [0.5, 0.6) is 0 Å². The minimum Gasteiger partial charge on any atom is -1.00 e. The number of allylic oxidation sites excluding steroid dienone is 1. The zero-order valence-corrected chi connectivity index (χ0v) is 12.5. The van der Waals surface area contributed by atoms with E-state index >= 15 is 0 Å². The highest BCUT2D eigenvalue weighted by Crippen LogP contribution is 2.04. The van der Waals surface area contributed by atoms with Gasteiger partial charge in [0.2, 0.25) is 6.33 Å². The summed E-state index contributed by atoms with van der Waals surface area (Å²) >= 11 is 0. The topological polar surface area (TPSA) is 8.81 Å². The zero-order chi connectivity index (χ0) is 11.6. The predicted molar refractivity (Wildman–Crippen MR) is 68.2 cm³/mol. The van der Waals surface area contributed by atoms with Crippen molar-refractivity contribution in [3.05, 3.63) is 31.4 Å². The second-order valence-electron chi connectivity index (χ2n) is 4.40. The van der Waals surface area contributed by atoms with Crippen LogP contribution in [0.2, 0.25) is 0 Å². The van der Waals surface area contributed by atoms with Gasteiger partial charge < -0.3 is 17.0 Å². The fourth-order valence-electron chi connectivity index (χ4n) is 1.90. The van der Waals surface area contributed by atoms with Crippen molar-refractivity contribution in [1.29, 1.82) is 0 Å². The van der Waals surface area contributed by atoms with Gasteiger partial charge >= 0.3 is 0 Å². The van der Waals surface area contributed by atoms with E-state index in [0.717, 1.165) is 13.1 Å². The van der Waals surface area contributed by atoms with Gasteiger partial charge in [0.15, 0.2) is 0 Å². The Morgan fingerprint density at radius 1 is 1.18 bits per heavy atom. The molecule has 0 aliphatic carbocycles. The van der Waals surface area contributed by atoms with Gasteiger partial charge in [-0.15, -0.1) is 0 Å². The van der Waals surface area contributed by atoms with Crippen LogP contribution in [-0.4, -0.2) is 4.57 Å². The summed E-state index contributed by atoms with van der Waals surface area (Å²) in [5.41, 5.74) is 0. The number of rotatable bonds is 9. The van der Waals surface area contributed by atoms with Crippen LogP contribution < -0.4 is 21.5 Å². The Morgan fingerprint density at radius 3 is 2.59 bits per heavy atom. The predicted octanol–water partition coefficient (Wildman–Crippen LogP) is 0.326. The molecule has 1 rings (SSSR count). The second kappa shape index (κ2) is 10.6. The molecule has 1 heterocycles. The maximum Gasteiger partial charge on any atom is 0.244 e. The number of hydrogen-bond donors (Lipinski definition) is 0. The van der Waals surface area contributed by atoms with Crippen LogP contribution in [0.1, 0.15) is 45.4 Å². The molecule has 0 atom stereocenters. The number of imidazole rings is 1. The van der Waals surface area contributed by atoms with Crippen molar-refractivity contribution in [2.45, 2.75) is 58.5 Å². The van der Waals surface area contributed by atoms with Crippen molar-refractivity contribution >= 4 is 0 Å². The van der Waals surface area contributed by atoms with Gasteiger partial charge in [-0.25, -0.2) is 9.13 Å². The molecule has 0 N–H and O–H groups in total. The Bertz CT molecular complexity index is 294. The SMILES string of the molecule is C=CCn1cc[n+](CCCCCCCC)c1.[Br-]. The summed E-state index contributed by atoms with van der Waals surface area (Å²) in [6, 6.07) is 0. The van der Waals surface area contributed by atoms with Gasteiger partial charge in [0.1, 0.15) is 18.9 Å². The quantitative estimate of drug-likeness (QED) is 0.353. The Balaban J connectivity index is 0.00000256. The van der Waals surface area contributed by atoms with Crippen molar-refractivity contribution in [2.24, 2.45) is 0 Å². The summed E-state index contributed by atoms with van der Waals surface area (Å²) in [4.78, 5) is 0. The number of hydrogen-bond acceptors (Lipinski definition) is 0. The fraction of sp³-hybridized carbons (Fsp3) is 0.643. The molecule has 98 valence electrons. The molecule has 1 aromatic rings. The number of halogens is 1. The molecule has 0 aliphatic rings. The van der Waals surface area contributed by atoms with Gasteiger partial charge in [-0.2, -0.15) is 0 Å². The summed E-state index contributed by atoms with van der Waals surface area (Å²) in [5, 5.41) is 0. The molecule has 0 unspecified atom stereocenters. The lowest BCUT2D eigenvalue weighted by atomic mass is 10.1. The van der Waals surface area contributed by atoms with Crippen LogP contribution in [0.4, 0.5) is 0 Å². The molecule has 1 aromatic heterocycles. The van der Waals surface area contributed by atoms with Gasteiger partial charge in [0.05, 0.1) is 6.54 Å². The summed E-state index contributed by atoms with van der Waals surface area (Å²) in [5.74, 6) is 0. The summed E-state index contributed by atoms with van der Waals surface area (Å²) in [7, 11) is 0. The Labute approximate surface area is 116 Å². The van der Waals surface area contributed by atoms with Crippen LogP contribution in [0.3, 0.4) is 0 Å². The molecule has 0 fully saturated rings. The fourth-order valence-corrected chi connectivity index (χ4v) is 1.90. The lowest BCUT2D eigenvalue weighted by Gasteiger charge is -1.98. The van der Waals surface area contributed by atoms with E-state index in [1.165, 1.54) is 38.5 Å². The van der Waals surface area contributed by atoms with Crippen molar-refractivity contribution < 1.29 is 21.5 Å². The van der Waals surface area contributed by atoms with Gasteiger partial charge in [-0.1, -0.05) is 45.3 Å². The highest BCUT2D eigenvalue weighted by atomic mass is 79.9. The van der Waals surface area contributed by atoms with Crippen LogP contribution in [0.15, 0.2) is 31.4 Å². The van der Waals surface area contributed by atoms with Crippen LogP contribution >= 0.6 is 0 Å². The third-order valence-electron chi connectivity index (χ3n) is 2.86. The average Bonchev–Trinajstić information content (AvgIpc) is 2.72. The highest BCUT2D eigenvalue weighted by Gasteiger charge is 2.01. The van der Waals surface area contributed by atoms with Gasteiger partial charge in [-0.3, -0.25) is 0 Å². The van der Waals surface area contributed by atoms with Crippen molar-refractivity contribution in [2.75, 3.05) is 0 Å². The Hall–Kier alpha value is -0.570.